The summed E-state index contributed by atoms with van der Waals surface area (Å²) < 4.78 is 0. The molecule has 0 radical (unpaired) electrons. The predicted octanol–water partition coefficient (Wildman–Crippen LogP) is 2.55. The van der Waals surface area contributed by atoms with Crippen LogP contribution in [0.4, 0.5) is 0 Å². The average molecular weight is 396 g/mol. The Labute approximate surface area is 142 Å². The van der Waals surface area contributed by atoms with Gasteiger partial charge >= 0.3 is 0 Å². The first-order valence-electron chi connectivity index (χ1n) is 7.82. The Morgan fingerprint density at radius 1 is 1.35 bits per heavy atom. The number of nitrogens with one attached hydrogen (secondary N) is 2. The molecular formula is C15H33IN4. The summed E-state index contributed by atoms with van der Waals surface area (Å²) in [6.45, 7) is 12.0. The van der Waals surface area contributed by atoms with Gasteiger partial charge in [-0.1, -0.05) is 13.8 Å². The summed E-state index contributed by atoms with van der Waals surface area (Å²) in [5.41, 5.74) is 0. The van der Waals surface area contributed by atoms with Crippen molar-refractivity contribution in [1.82, 2.24) is 15.5 Å². The van der Waals surface area contributed by atoms with Gasteiger partial charge in [0, 0.05) is 26.2 Å². The highest BCUT2D eigenvalue weighted by Gasteiger charge is 2.18. The first-order valence-corrected chi connectivity index (χ1v) is 7.82. The maximum Gasteiger partial charge on any atom is 0.191 e. The number of nitrogens with zero attached hydrogens (tertiary/aromatic N) is 2. The second kappa shape index (κ2) is 11.6. The summed E-state index contributed by atoms with van der Waals surface area (Å²) in [7, 11) is 2.19. The largest absolute Gasteiger partial charge is 0.357 e. The van der Waals surface area contributed by atoms with E-state index in [9.17, 15) is 0 Å². The molecule has 0 amide bonds. The van der Waals surface area contributed by atoms with E-state index in [1.807, 2.05) is 0 Å². The Balaban J connectivity index is 0.00000361. The number of hydrogen-bond donors (Lipinski definition) is 2. The smallest absolute Gasteiger partial charge is 0.191 e. The fraction of sp³-hybridized carbons (Fsp3) is 0.933. The van der Waals surface area contributed by atoms with Gasteiger partial charge in [0.05, 0.1) is 0 Å². The van der Waals surface area contributed by atoms with Crippen molar-refractivity contribution in [1.29, 1.82) is 0 Å². The van der Waals surface area contributed by atoms with Gasteiger partial charge in [-0.05, 0) is 51.6 Å². The van der Waals surface area contributed by atoms with E-state index < -0.39 is 0 Å². The van der Waals surface area contributed by atoms with Crippen molar-refractivity contribution >= 4 is 29.9 Å². The number of guanidine groups is 1. The van der Waals surface area contributed by atoms with Gasteiger partial charge in [-0.2, -0.15) is 0 Å². The molecule has 0 spiro atoms. The third-order valence-corrected chi connectivity index (χ3v) is 3.59. The standard InChI is InChI=1S/C15H32N4.HI/c1-5-16-15(17-9-6-7-13(2)3)18-11-14-8-10-19(4)12-14;/h13-14H,5-12H2,1-4H3,(H2,16,17,18);1H. The summed E-state index contributed by atoms with van der Waals surface area (Å²) in [4.78, 5) is 7.11. The lowest BCUT2D eigenvalue weighted by atomic mass is 10.1. The Bertz CT molecular complexity index is 269. The van der Waals surface area contributed by atoms with Crippen molar-refractivity contribution in [3.05, 3.63) is 0 Å². The number of hydrogen-bond acceptors (Lipinski definition) is 2. The molecule has 0 aromatic rings. The molecule has 0 bridgehead atoms. The van der Waals surface area contributed by atoms with Crippen LogP contribution in [0.3, 0.4) is 0 Å². The van der Waals surface area contributed by atoms with Crippen LogP contribution >= 0.6 is 24.0 Å². The van der Waals surface area contributed by atoms with E-state index in [-0.39, 0.29) is 24.0 Å². The molecule has 20 heavy (non-hydrogen) atoms. The third kappa shape index (κ3) is 9.00. The molecule has 1 rings (SSSR count). The van der Waals surface area contributed by atoms with E-state index >= 15 is 0 Å². The van der Waals surface area contributed by atoms with Crippen molar-refractivity contribution in [2.24, 2.45) is 16.8 Å². The van der Waals surface area contributed by atoms with Gasteiger partial charge < -0.3 is 15.5 Å². The zero-order valence-electron chi connectivity index (χ0n) is 13.6. The molecular weight excluding hydrogens is 363 g/mol. The molecule has 1 atom stereocenters. The SMILES string of the molecule is CCNC(=NCC1CCN(C)C1)NCCCC(C)C.I. The second-order valence-electron chi connectivity index (χ2n) is 6.10. The van der Waals surface area contributed by atoms with Gasteiger partial charge in [0.2, 0.25) is 0 Å². The molecule has 1 unspecified atom stereocenters. The topological polar surface area (TPSA) is 39.7 Å². The minimum absolute atomic E-state index is 0. The fourth-order valence-corrected chi connectivity index (χ4v) is 2.45. The maximum absolute atomic E-state index is 4.71. The Hall–Kier alpha value is -0.0400. The summed E-state index contributed by atoms with van der Waals surface area (Å²) in [6, 6.07) is 0. The molecule has 1 aliphatic heterocycles. The summed E-state index contributed by atoms with van der Waals surface area (Å²) >= 11 is 0. The normalized spacial score (nSPS) is 20.1. The molecule has 0 aromatic heterocycles. The molecule has 1 heterocycles. The molecule has 2 N–H and O–H groups in total. The third-order valence-electron chi connectivity index (χ3n) is 3.59. The quantitative estimate of drug-likeness (QED) is 0.301. The van der Waals surface area contributed by atoms with E-state index in [1.54, 1.807) is 0 Å². The molecule has 0 saturated carbocycles. The van der Waals surface area contributed by atoms with Crippen LogP contribution in [-0.4, -0.2) is 50.6 Å². The summed E-state index contributed by atoms with van der Waals surface area (Å²) in [5.74, 6) is 2.51. The molecule has 1 aliphatic rings. The highest BCUT2D eigenvalue weighted by Crippen LogP contribution is 2.14. The van der Waals surface area contributed by atoms with Gasteiger partial charge in [-0.15, -0.1) is 24.0 Å². The molecule has 4 nitrogen and oxygen atoms in total. The first-order chi connectivity index (χ1) is 9.11. The van der Waals surface area contributed by atoms with Crippen LogP contribution in [0.15, 0.2) is 4.99 Å². The maximum atomic E-state index is 4.71. The fourth-order valence-electron chi connectivity index (χ4n) is 2.45. The lowest BCUT2D eigenvalue weighted by Gasteiger charge is -2.13. The zero-order valence-corrected chi connectivity index (χ0v) is 15.9. The van der Waals surface area contributed by atoms with Crippen LogP contribution < -0.4 is 10.6 Å². The highest BCUT2D eigenvalue weighted by molar-refractivity contribution is 14.0. The number of aliphatic imine (C=N–C) groups is 1. The average Bonchev–Trinajstić information content (AvgIpc) is 2.77. The number of halogens is 1. The Morgan fingerprint density at radius 3 is 2.65 bits per heavy atom. The van der Waals surface area contributed by atoms with Crippen molar-refractivity contribution in [3.63, 3.8) is 0 Å². The minimum Gasteiger partial charge on any atom is -0.357 e. The first kappa shape index (κ1) is 20.0. The van der Waals surface area contributed by atoms with Gasteiger partial charge in [-0.3, -0.25) is 4.99 Å². The van der Waals surface area contributed by atoms with Crippen molar-refractivity contribution < 1.29 is 0 Å². The molecule has 1 fully saturated rings. The number of likely N-dealkylation sites (tertiary alicyclic amines) is 1. The van der Waals surface area contributed by atoms with Gasteiger partial charge in [0.15, 0.2) is 5.96 Å². The summed E-state index contributed by atoms with van der Waals surface area (Å²) in [5, 5.41) is 6.77. The molecule has 120 valence electrons. The second-order valence-corrected chi connectivity index (χ2v) is 6.10. The van der Waals surface area contributed by atoms with Crippen LogP contribution in [0.1, 0.15) is 40.0 Å². The van der Waals surface area contributed by atoms with Crippen molar-refractivity contribution in [2.45, 2.75) is 40.0 Å². The summed E-state index contributed by atoms with van der Waals surface area (Å²) in [6.07, 6.45) is 3.78. The van der Waals surface area contributed by atoms with Crippen molar-refractivity contribution in [2.75, 3.05) is 39.8 Å². The van der Waals surface area contributed by atoms with Crippen LogP contribution in [-0.2, 0) is 0 Å². The minimum atomic E-state index is 0. The lowest BCUT2D eigenvalue weighted by molar-refractivity contribution is 0.397. The highest BCUT2D eigenvalue weighted by atomic mass is 127. The van der Waals surface area contributed by atoms with Gasteiger partial charge in [0.25, 0.3) is 0 Å². The van der Waals surface area contributed by atoms with Crippen LogP contribution in [0.25, 0.3) is 0 Å². The number of rotatable bonds is 7. The van der Waals surface area contributed by atoms with E-state index in [1.165, 1.54) is 32.4 Å². The van der Waals surface area contributed by atoms with Gasteiger partial charge in [-0.25, -0.2) is 0 Å². The van der Waals surface area contributed by atoms with Crippen LogP contribution in [0.2, 0.25) is 0 Å². The molecule has 0 aliphatic carbocycles. The lowest BCUT2D eigenvalue weighted by Crippen LogP contribution is -2.38. The van der Waals surface area contributed by atoms with E-state index in [4.69, 9.17) is 4.99 Å². The van der Waals surface area contributed by atoms with E-state index in [0.717, 1.165) is 37.4 Å². The Kier molecular flexibility index (Phi) is 11.6. The Morgan fingerprint density at radius 2 is 2.10 bits per heavy atom. The van der Waals surface area contributed by atoms with E-state index in [2.05, 4.69) is 43.4 Å². The molecule has 5 heteroatoms. The molecule has 1 saturated heterocycles. The van der Waals surface area contributed by atoms with Crippen LogP contribution in [0, 0.1) is 11.8 Å². The predicted molar refractivity (Wildman–Crippen MR) is 99.1 cm³/mol. The van der Waals surface area contributed by atoms with Gasteiger partial charge in [0.1, 0.15) is 0 Å². The zero-order chi connectivity index (χ0) is 14.1. The van der Waals surface area contributed by atoms with Crippen molar-refractivity contribution in [3.8, 4) is 0 Å². The monoisotopic (exact) mass is 396 g/mol. The molecule has 0 aromatic carbocycles. The van der Waals surface area contributed by atoms with E-state index in [0.29, 0.717) is 0 Å². The van der Waals surface area contributed by atoms with Crippen LogP contribution in [0.5, 0.6) is 0 Å².